The zero-order chi connectivity index (χ0) is 47.2. The van der Waals surface area contributed by atoms with Crippen LogP contribution in [0.2, 0.25) is 0 Å². The summed E-state index contributed by atoms with van der Waals surface area (Å²) in [5, 5.41) is 0. The van der Waals surface area contributed by atoms with Crippen molar-refractivity contribution in [1.82, 2.24) is 0 Å². The molecule has 0 fully saturated rings. The Morgan fingerprint density at radius 1 is 0.338 bits per heavy atom. The van der Waals surface area contributed by atoms with E-state index in [0.29, 0.717) is 19.3 Å². The Labute approximate surface area is 400 Å². The van der Waals surface area contributed by atoms with Crippen LogP contribution in [0.5, 0.6) is 0 Å². The quantitative estimate of drug-likeness (QED) is 0.0199. The van der Waals surface area contributed by atoms with E-state index in [4.69, 9.17) is 14.2 Å². The van der Waals surface area contributed by atoms with Crippen LogP contribution in [-0.2, 0) is 28.6 Å². The summed E-state index contributed by atoms with van der Waals surface area (Å²) in [6.45, 7) is 6.40. The summed E-state index contributed by atoms with van der Waals surface area (Å²) in [6, 6.07) is 0. The van der Waals surface area contributed by atoms with Gasteiger partial charge in [-0.3, -0.25) is 14.4 Å². The molecule has 0 aromatic carbocycles. The third kappa shape index (κ3) is 51.2. The molecule has 65 heavy (non-hydrogen) atoms. The van der Waals surface area contributed by atoms with Gasteiger partial charge < -0.3 is 14.2 Å². The molecule has 0 saturated heterocycles. The number of carbonyl (C=O) groups excluding carboxylic acids is 3. The Hall–Kier alpha value is -3.67. The van der Waals surface area contributed by atoms with Gasteiger partial charge in [0.15, 0.2) is 6.10 Å². The Balaban J connectivity index is 4.51. The van der Waals surface area contributed by atoms with E-state index in [0.717, 1.165) is 70.6 Å². The molecule has 0 heterocycles. The van der Waals surface area contributed by atoms with Gasteiger partial charge >= 0.3 is 17.9 Å². The second-order valence-corrected chi connectivity index (χ2v) is 17.5. The van der Waals surface area contributed by atoms with E-state index in [1.807, 2.05) is 36.5 Å². The fraction of sp³-hybridized carbons (Fsp3) is 0.678. The number of esters is 3. The number of rotatable bonds is 47. The maximum atomic E-state index is 12.8. The van der Waals surface area contributed by atoms with Crippen molar-refractivity contribution in [2.75, 3.05) is 13.2 Å². The van der Waals surface area contributed by atoms with Crippen molar-refractivity contribution in [3.8, 4) is 0 Å². The Morgan fingerprint density at radius 2 is 0.677 bits per heavy atom. The lowest BCUT2D eigenvalue weighted by Crippen LogP contribution is -2.30. The third-order valence-electron chi connectivity index (χ3n) is 11.1. The monoisotopic (exact) mass is 903 g/mol. The number of hydrogen-bond acceptors (Lipinski definition) is 6. The zero-order valence-electron chi connectivity index (χ0n) is 42.2. The fourth-order valence-electron chi connectivity index (χ4n) is 7.11. The summed E-state index contributed by atoms with van der Waals surface area (Å²) in [5.41, 5.74) is 0. The topological polar surface area (TPSA) is 78.9 Å². The molecule has 0 N–H and O–H groups in total. The van der Waals surface area contributed by atoms with Crippen LogP contribution in [0.25, 0.3) is 0 Å². The van der Waals surface area contributed by atoms with Crippen LogP contribution in [0.1, 0.15) is 239 Å². The molecule has 1 unspecified atom stereocenters. The van der Waals surface area contributed by atoms with Crippen LogP contribution in [0.15, 0.2) is 97.2 Å². The summed E-state index contributed by atoms with van der Waals surface area (Å²) in [4.78, 5) is 38.0. The molecule has 0 aliphatic rings. The highest BCUT2D eigenvalue weighted by atomic mass is 16.6. The lowest BCUT2D eigenvalue weighted by molar-refractivity contribution is -0.167. The molecule has 370 valence electrons. The average Bonchev–Trinajstić information content (AvgIpc) is 3.30. The van der Waals surface area contributed by atoms with Crippen LogP contribution in [0.4, 0.5) is 0 Å². The minimum Gasteiger partial charge on any atom is -0.462 e. The predicted octanol–water partition coefficient (Wildman–Crippen LogP) is 17.8. The molecule has 0 bridgehead atoms. The molecule has 0 aliphatic carbocycles. The minimum absolute atomic E-state index is 0.116. The van der Waals surface area contributed by atoms with E-state index in [-0.39, 0.29) is 37.5 Å². The van der Waals surface area contributed by atoms with Gasteiger partial charge in [-0.05, 0) is 96.3 Å². The van der Waals surface area contributed by atoms with Crippen molar-refractivity contribution < 1.29 is 28.6 Å². The van der Waals surface area contributed by atoms with Crippen LogP contribution >= 0.6 is 0 Å². The molecule has 0 amide bonds. The van der Waals surface area contributed by atoms with E-state index >= 15 is 0 Å². The van der Waals surface area contributed by atoms with Gasteiger partial charge in [0, 0.05) is 19.3 Å². The lowest BCUT2D eigenvalue weighted by atomic mass is 10.1. The van der Waals surface area contributed by atoms with Crippen LogP contribution in [0.3, 0.4) is 0 Å². The smallest absolute Gasteiger partial charge is 0.306 e. The molecule has 6 heteroatoms. The first kappa shape index (κ1) is 61.3. The molecule has 0 aliphatic heterocycles. The molecule has 0 aromatic rings. The SMILES string of the molecule is CC\C=C/C=C\C=C/C=C\CCCCCC(=O)OCC(COC(=O)CCC/C=C\C/C=C\C/C=C\CCCCCCCC)OC(=O)CCCCCCCCC/C=C\CCCCCCCC. The standard InChI is InChI=1S/C59H98O6/c1-4-7-10-13-16-19-22-25-27-29-31-34-37-40-43-46-49-52-58(61)64-55-56(54-63-57(60)51-48-45-42-39-36-33-24-21-18-15-12-9-6-3)65-59(62)53-50-47-44-41-38-35-32-30-28-26-23-20-17-14-11-8-5-2/h9,12,15,18,21,24-28,31,33-34,36,40,43,56H,4-8,10-11,13-14,16-17,19-20,22-23,29-30,32,35,37-39,41-42,44-55H2,1-3H3/b12-9-,18-15-,24-21-,27-25-,28-26-,34-31-,36-33-,43-40-. The molecule has 6 nitrogen and oxygen atoms in total. The lowest BCUT2D eigenvalue weighted by Gasteiger charge is -2.18. The third-order valence-corrected chi connectivity index (χ3v) is 11.1. The van der Waals surface area contributed by atoms with Crippen LogP contribution < -0.4 is 0 Å². The van der Waals surface area contributed by atoms with Crippen LogP contribution in [0, 0.1) is 0 Å². The van der Waals surface area contributed by atoms with E-state index in [2.05, 4.69) is 81.5 Å². The van der Waals surface area contributed by atoms with Crippen molar-refractivity contribution in [3.05, 3.63) is 97.2 Å². The molecule has 0 aromatic heterocycles. The molecule has 0 rings (SSSR count). The first-order valence-electron chi connectivity index (χ1n) is 26.8. The average molecular weight is 903 g/mol. The molecule has 0 saturated carbocycles. The molecular formula is C59H98O6. The number of allylic oxidation sites excluding steroid dienone is 16. The van der Waals surface area contributed by atoms with E-state index in [1.54, 1.807) is 0 Å². The maximum Gasteiger partial charge on any atom is 0.306 e. The number of ether oxygens (including phenoxy) is 3. The van der Waals surface area contributed by atoms with Crippen LogP contribution in [-0.4, -0.2) is 37.2 Å². The van der Waals surface area contributed by atoms with Gasteiger partial charge in [-0.2, -0.15) is 0 Å². The van der Waals surface area contributed by atoms with Crippen molar-refractivity contribution in [1.29, 1.82) is 0 Å². The van der Waals surface area contributed by atoms with Gasteiger partial charge in [-0.25, -0.2) is 0 Å². The number of hydrogen-bond donors (Lipinski definition) is 0. The Bertz CT molecular complexity index is 1310. The molecule has 0 spiro atoms. The van der Waals surface area contributed by atoms with Gasteiger partial charge in [0.1, 0.15) is 13.2 Å². The van der Waals surface area contributed by atoms with Gasteiger partial charge in [-0.15, -0.1) is 0 Å². The summed E-state index contributed by atoms with van der Waals surface area (Å²) >= 11 is 0. The normalized spacial score (nSPS) is 12.8. The van der Waals surface area contributed by atoms with Crippen molar-refractivity contribution in [2.24, 2.45) is 0 Å². The fourth-order valence-corrected chi connectivity index (χ4v) is 7.11. The highest BCUT2D eigenvalue weighted by molar-refractivity contribution is 5.71. The Kier molecular flexibility index (Phi) is 50.0. The molecular weight excluding hydrogens is 805 g/mol. The van der Waals surface area contributed by atoms with Gasteiger partial charge in [0.05, 0.1) is 0 Å². The van der Waals surface area contributed by atoms with Gasteiger partial charge in [0.25, 0.3) is 0 Å². The van der Waals surface area contributed by atoms with Gasteiger partial charge in [0.2, 0.25) is 0 Å². The van der Waals surface area contributed by atoms with E-state index in [9.17, 15) is 14.4 Å². The van der Waals surface area contributed by atoms with E-state index in [1.165, 1.54) is 122 Å². The van der Waals surface area contributed by atoms with E-state index < -0.39 is 6.10 Å². The second kappa shape index (κ2) is 52.9. The van der Waals surface area contributed by atoms with Crippen molar-refractivity contribution >= 4 is 17.9 Å². The first-order chi connectivity index (χ1) is 32.0. The van der Waals surface area contributed by atoms with Crippen molar-refractivity contribution in [3.63, 3.8) is 0 Å². The summed E-state index contributed by atoms with van der Waals surface area (Å²) in [7, 11) is 0. The summed E-state index contributed by atoms with van der Waals surface area (Å²) in [5.74, 6) is -1.01. The number of unbranched alkanes of at least 4 members (excludes halogenated alkanes) is 23. The summed E-state index contributed by atoms with van der Waals surface area (Å²) in [6.07, 6.45) is 69.7. The minimum atomic E-state index is -0.817. The Morgan fingerprint density at radius 3 is 1.17 bits per heavy atom. The highest BCUT2D eigenvalue weighted by Gasteiger charge is 2.19. The maximum absolute atomic E-state index is 12.8. The first-order valence-corrected chi connectivity index (χ1v) is 26.8. The zero-order valence-corrected chi connectivity index (χ0v) is 42.2. The number of carbonyl (C=O) groups is 3. The molecule has 0 radical (unpaired) electrons. The summed E-state index contributed by atoms with van der Waals surface area (Å²) < 4.78 is 16.7. The second-order valence-electron chi connectivity index (χ2n) is 17.5. The predicted molar refractivity (Wildman–Crippen MR) is 279 cm³/mol. The largest absolute Gasteiger partial charge is 0.462 e. The van der Waals surface area contributed by atoms with Gasteiger partial charge in [-0.1, -0.05) is 221 Å². The highest BCUT2D eigenvalue weighted by Crippen LogP contribution is 2.14. The van der Waals surface area contributed by atoms with Crippen molar-refractivity contribution in [2.45, 2.75) is 245 Å². The molecule has 1 atom stereocenters.